The van der Waals surface area contributed by atoms with E-state index in [1.807, 2.05) is 39.2 Å². The standard InChI is InChI=1S/C27H32FN5O/c1-17(29)14-31(2)10-9-19-12-24-23(11-21(19)16-34)30-27(32(24)3)25-13-20-5-4-6-22(28)26(20)33(25)15-18-7-8-18/h4-6,11-13,16-18H,7-10,14-15,29H2,1-3H3. The van der Waals surface area contributed by atoms with E-state index in [1.165, 1.54) is 18.9 Å². The van der Waals surface area contributed by atoms with Crippen LogP contribution in [0.5, 0.6) is 0 Å². The van der Waals surface area contributed by atoms with Crippen LogP contribution in [-0.2, 0) is 20.0 Å². The summed E-state index contributed by atoms with van der Waals surface area (Å²) in [4.78, 5) is 19.0. The lowest BCUT2D eigenvalue weighted by Crippen LogP contribution is -2.34. The smallest absolute Gasteiger partial charge is 0.157 e. The molecule has 1 aliphatic carbocycles. The molecular weight excluding hydrogens is 429 g/mol. The zero-order valence-corrected chi connectivity index (χ0v) is 20.1. The summed E-state index contributed by atoms with van der Waals surface area (Å²) in [5.41, 5.74) is 10.9. The van der Waals surface area contributed by atoms with Gasteiger partial charge in [0.1, 0.15) is 12.1 Å². The Hall–Kier alpha value is -3.03. The number of para-hydroxylation sites is 1. The fraction of sp³-hybridized carbons (Fsp3) is 0.407. The van der Waals surface area contributed by atoms with E-state index in [2.05, 4.69) is 20.1 Å². The number of carbonyl (C=O) groups is 1. The number of carbonyl (C=O) groups excluding carboxylic acids is 1. The van der Waals surface area contributed by atoms with Gasteiger partial charge in [-0.25, -0.2) is 9.37 Å². The first kappa shape index (κ1) is 22.7. The quantitative estimate of drug-likeness (QED) is 0.376. The normalized spacial score (nSPS) is 15.0. The van der Waals surface area contributed by atoms with Gasteiger partial charge in [0.05, 0.1) is 22.2 Å². The summed E-state index contributed by atoms with van der Waals surface area (Å²) in [6.45, 7) is 4.40. The average molecular weight is 462 g/mol. The van der Waals surface area contributed by atoms with Crippen LogP contribution in [0.15, 0.2) is 36.4 Å². The number of hydrogen-bond donors (Lipinski definition) is 1. The number of rotatable bonds is 9. The van der Waals surface area contributed by atoms with E-state index in [0.29, 0.717) is 17.0 Å². The van der Waals surface area contributed by atoms with Gasteiger partial charge < -0.3 is 19.8 Å². The van der Waals surface area contributed by atoms with E-state index in [4.69, 9.17) is 10.7 Å². The number of nitrogens with zero attached hydrogens (tertiary/aromatic N) is 4. The number of benzene rings is 2. The molecule has 0 radical (unpaired) electrons. The van der Waals surface area contributed by atoms with Crippen molar-refractivity contribution in [3.05, 3.63) is 53.3 Å². The maximum atomic E-state index is 14.8. The summed E-state index contributed by atoms with van der Waals surface area (Å²) in [6.07, 6.45) is 4.02. The van der Waals surface area contributed by atoms with Gasteiger partial charge in [0.15, 0.2) is 5.82 Å². The van der Waals surface area contributed by atoms with Crippen LogP contribution in [0.3, 0.4) is 0 Å². The predicted octanol–water partition coefficient (Wildman–Crippen LogP) is 4.38. The highest BCUT2D eigenvalue weighted by Crippen LogP contribution is 2.37. The van der Waals surface area contributed by atoms with Gasteiger partial charge in [0.2, 0.25) is 0 Å². The summed E-state index contributed by atoms with van der Waals surface area (Å²) in [5, 5.41) is 0.883. The first-order valence-corrected chi connectivity index (χ1v) is 12.0. The van der Waals surface area contributed by atoms with Crippen molar-refractivity contribution in [1.29, 1.82) is 0 Å². The maximum absolute atomic E-state index is 14.8. The number of imidazole rings is 1. The minimum atomic E-state index is -0.204. The molecule has 0 saturated heterocycles. The lowest BCUT2D eigenvalue weighted by molar-refractivity contribution is 0.112. The van der Waals surface area contributed by atoms with Gasteiger partial charge in [-0.15, -0.1) is 0 Å². The zero-order chi connectivity index (χ0) is 24.0. The van der Waals surface area contributed by atoms with Crippen LogP contribution in [0, 0.1) is 11.7 Å². The molecule has 1 aliphatic rings. The lowest BCUT2D eigenvalue weighted by Gasteiger charge is -2.19. The topological polar surface area (TPSA) is 69.1 Å². The highest BCUT2D eigenvalue weighted by Gasteiger charge is 2.26. The first-order valence-electron chi connectivity index (χ1n) is 12.0. The molecule has 0 bridgehead atoms. The van der Waals surface area contributed by atoms with Crippen molar-refractivity contribution in [2.75, 3.05) is 20.1 Å². The summed E-state index contributed by atoms with van der Waals surface area (Å²) in [6, 6.07) is 11.3. The third-order valence-electron chi connectivity index (χ3n) is 6.87. The van der Waals surface area contributed by atoms with E-state index in [9.17, 15) is 9.18 Å². The molecule has 7 heteroatoms. The lowest BCUT2D eigenvalue weighted by atomic mass is 10.0. The number of halogens is 1. The monoisotopic (exact) mass is 461 g/mol. The van der Waals surface area contributed by atoms with Crippen molar-refractivity contribution in [1.82, 2.24) is 19.0 Å². The minimum absolute atomic E-state index is 0.102. The maximum Gasteiger partial charge on any atom is 0.157 e. The van der Waals surface area contributed by atoms with Gasteiger partial charge >= 0.3 is 0 Å². The molecule has 2 aromatic heterocycles. The van der Waals surface area contributed by atoms with E-state index < -0.39 is 0 Å². The van der Waals surface area contributed by atoms with Crippen molar-refractivity contribution in [3.63, 3.8) is 0 Å². The second-order valence-electron chi connectivity index (χ2n) is 9.90. The Morgan fingerprint density at radius 1 is 1.29 bits per heavy atom. The minimum Gasteiger partial charge on any atom is -0.335 e. The molecule has 2 aromatic carbocycles. The Bertz CT molecular complexity index is 1360. The number of nitrogens with two attached hydrogens (primary N) is 1. The molecule has 34 heavy (non-hydrogen) atoms. The fourth-order valence-electron chi connectivity index (χ4n) is 4.96. The van der Waals surface area contributed by atoms with Crippen LogP contribution in [0.25, 0.3) is 33.5 Å². The molecule has 1 unspecified atom stereocenters. The second kappa shape index (κ2) is 8.96. The number of fused-ring (bicyclic) bond motifs is 2. The molecule has 5 rings (SSSR count). The molecule has 0 amide bonds. The summed E-state index contributed by atoms with van der Waals surface area (Å²) < 4.78 is 19.0. The molecular formula is C27H32FN5O. The van der Waals surface area contributed by atoms with Crippen molar-refractivity contribution in [3.8, 4) is 11.5 Å². The highest BCUT2D eigenvalue weighted by atomic mass is 19.1. The fourth-order valence-corrected chi connectivity index (χ4v) is 4.96. The van der Waals surface area contributed by atoms with Crippen LogP contribution in [0.4, 0.5) is 4.39 Å². The first-order chi connectivity index (χ1) is 16.4. The molecule has 6 nitrogen and oxygen atoms in total. The molecule has 2 N–H and O–H groups in total. The Kier molecular flexibility index (Phi) is 6.00. The van der Waals surface area contributed by atoms with E-state index in [1.54, 1.807) is 6.07 Å². The van der Waals surface area contributed by atoms with E-state index in [0.717, 1.165) is 65.8 Å². The Morgan fingerprint density at radius 3 is 2.79 bits per heavy atom. The van der Waals surface area contributed by atoms with Crippen molar-refractivity contribution >= 4 is 28.2 Å². The second-order valence-corrected chi connectivity index (χ2v) is 9.90. The van der Waals surface area contributed by atoms with Gasteiger partial charge in [0.25, 0.3) is 0 Å². The number of aryl methyl sites for hydroxylation is 1. The third-order valence-corrected chi connectivity index (χ3v) is 6.87. The molecule has 2 heterocycles. The van der Waals surface area contributed by atoms with Gasteiger partial charge in [0, 0.05) is 43.7 Å². The van der Waals surface area contributed by atoms with Gasteiger partial charge in [-0.2, -0.15) is 0 Å². The summed E-state index contributed by atoms with van der Waals surface area (Å²) in [5.74, 6) is 1.17. The van der Waals surface area contributed by atoms with Gasteiger partial charge in [-0.1, -0.05) is 12.1 Å². The van der Waals surface area contributed by atoms with Crippen LogP contribution >= 0.6 is 0 Å². The third kappa shape index (κ3) is 4.26. The van der Waals surface area contributed by atoms with Crippen molar-refractivity contribution < 1.29 is 9.18 Å². The summed E-state index contributed by atoms with van der Waals surface area (Å²) >= 11 is 0. The number of hydrogen-bond acceptors (Lipinski definition) is 4. The predicted molar refractivity (Wildman–Crippen MR) is 135 cm³/mol. The zero-order valence-electron chi connectivity index (χ0n) is 20.1. The van der Waals surface area contributed by atoms with E-state index >= 15 is 0 Å². The van der Waals surface area contributed by atoms with Crippen LogP contribution < -0.4 is 5.73 Å². The molecule has 178 valence electrons. The largest absolute Gasteiger partial charge is 0.335 e. The number of aromatic nitrogens is 3. The number of aldehydes is 1. The number of likely N-dealkylation sites (N-methyl/N-ethyl adjacent to an activating group) is 1. The van der Waals surface area contributed by atoms with Crippen LogP contribution in [0.2, 0.25) is 0 Å². The molecule has 1 atom stereocenters. The van der Waals surface area contributed by atoms with Crippen LogP contribution in [-0.4, -0.2) is 51.5 Å². The average Bonchev–Trinajstić information content (AvgIpc) is 3.46. The highest BCUT2D eigenvalue weighted by molar-refractivity contribution is 5.91. The molecule has 0 spiro atoms. The van der Waals surface area contributed by atoms with Gasteiger partial charge in [-0.3, -0.25) is 4.79 Å². The van der Waals surface area contributed by atoms with Crippen LogP contribution in [0.1, 0.15) is 35.7 Å². The molecule has 4 aromatic rings. The molecule has 1 fully saturated rings. The Balaban J connectivity index is 1.58. The molecule has 1 saturated carbocycles. The Morgan fingerprint density at radius 2 is 2.09 bits per heavy atom. The summed E-state index contributed by atoms with van der Waals surface area (Å²) in [7, 11) is 4.04. The van der Waals surface area contributed by atoms with E-state index in [-0.39, 0.29) is 11.9 Å². The van der Waals surface area contributed by atoms with Crippen molar-refractivity contribution in [2.24, 2.45) is 18.7 Å². The SMILES string of the molecule is CC(N)CN(C)CCc1cc2c(cc1C=O)nc(-c1cc3cccc(F)c3n1CC1CC1)n2C. The van der Waals surface area contributed by atoms with Crippen molar-refractivity contribution in [2.45, 2.75) is 38.8 Å². The Labute approximate surface area is 199 Å². The molecule has 0 aliphatic heterocycles. The van der Waals surface area contributed by atoms with Gasteiger partial charge in [-0.05, 0) is 69.0 Å².